The zero-order valence-electron chi connectivity index (χ0n) is 40.4. The van der Waals surface area contributed by atoms with Crippen LogP contribution in [0.5, 0.6) is 17.4 Å². The molecule has 0 aliphatic rings. The number of aliphatic hydroxyl groups excluding tert-OH is 1. The van der Waals surface area contributed by atoms with Crippen LogP contribution in [-0.4, -0.2) is 126 Å². The summed E-state index contributed by atoms with van der Waals surface area (Å²) in [4.78, 5) is 17.4. The highest BCUT2D eigenvalue weighted by Gasteiger charge is 2.26. The lowest BCUT2D eigenvalue weighted by atomic mass is 10.1. The van der Waals surface area contributed by atoms with Gasteiger partial charge in [-0.2, -0.15) is 61.5 Å². The van der Waals surface area contributed by atoms with Gasteiger partial charge in [-0.3, -0.25) is 22.8 Å². The second-order valence-corrected chi connectivity index (χ2v) is 24.5. The first kappa shape index (κ1) is 62.8. The molecule has 8 N–H and O–H groups in total. The lowest BCUT2D eigenvalue weighted by Gasteiger charge is -2.11. The highest BCUT2D eigenvalue weighted by atomic mass is 32.2. The minimum Gasteiger partial charge on any atom is -0.505 e. The Morgan fingerprint density at radius 2 is 1.23 bits per heavy atom. The van der Waals surface area contributed by atoms with Gasteiger partial charge in [-0.15, -0.1) is 43.3 Å². The number of carbonyl (C=O) groups excluding carboxylic acids is 2. The minimum absolute atomic E-state index is 0.00354. The number of nitrogens with zero attached hydrogens (tertiary/aromatic N) is 9. The predicted octanol–water partition coefficient (Wildman–Crippen LogP) is 6.30. The molecule has 33 nitrogen and oxygen atoms in total. The van der Waals surface area contributed by atoms with E-state index >= 15 is 0 Å². The van der Waals surface area contributed by atoms with Crippen molar-refractivity contribution in [1.82, 2.24) is 14.8 Å². The molecule has 82 heavy (non-hydrogen) atoms. The molecule has 0 fully saturated rings. The number of aryl methyl sites for hydroxylation is 1. The molecule has 0 aliphatic heterocycles. The number of phenolic OH excluding ortho intramolecular Hbond substituents is 1. The van der Waals surface area contributed by atoms with E-state index in [-0.39, 0.29) is 90.1 Å². The van der Waals surface area contributed by atoms with Gasteiger partial charge in [0.1, 0.15) is 37.5 Å². The van der Waals surface area contributed by atoms with Gasteiger partial charge in [-0.1, -0.05) is 29.5 Å². The van der Waals surface area contributed by atoms with E-state index < -0.39 is 116 Å². The molecule has 0 atom stereocenters. The number of aromatic nitrogens is 3. The maximum Gasteiger partial charge on any atom is 0.425 e. The third kappa shape index (κ3) is 15.1. The molecule has 0 unspecified atom stereocenters. The summed E-state index contributed by atoms with van der Waals surface area (Å²) in [6, 6.07) is 14.9. The first-order valence-electron chi connectivity index (χ1n) is 21.5. The summed E-state index contributed by atoms with van der Waals surface area (Å²) in [5.41, 5.74) is -0.631. The van der Waals surface area contributed by atoms with E-state index in [0.29, 0.717) is 11.6 Å². The molecule has 8 rings (SSSR count). The molecule has 0 spiro atoms. The van der Waals surface area contributed by atoms with Gasteiger partial charge in [0.25, 0.3) is 50.6 Å². The number of ether oxygens (including phenoxy) is 1. The lowest BCUT2D eigenvalue weighted by Crippen LogP contribution is -2.08. The van der Waals surface area contributed by atoms with E-state index in [2.05, 4.69) is 40.8 Å². The van der Waals surface area contributed by atoms with Gasteiger partial charge < -0.3 is 20.1 Å². The van der Waals surface area contributed by atoms with Crippen LogP contribution in [0.3, 0.4) is 0 Å². The van der Waals surface area contributed by atoms with Gasteiger partial charge >= 0.3 is 16.8 Å². The quantitative estimate of drug-likeness (QED) is 0.0281. The molecule has 0 radical (unpaired) electrons. The number of thiazole rings is 1. The second kappa shape index (κ2) is 24.8. The van der Waals surface area contributed by atoms with Crippen LogP contribution in [0.1, 0.15) is 17.5 Å². The van der Waals surface area contributed by atoms with Crippen LogP contribution in [-0.2, 0) is 77.4 Å². The summed E-state index contributed by atoms with van der Waals surface area (Å²) in [5.74, 6) is -2.12. The first-order chi connectivity index (χ1) is 38.2. The van der Waals surface area contributed by atoms with Gasteiger partial charge in [0.05, 0.1) is 51.7 Å². The highest BCUT2D eigenvalue weighted by molar-refractivity contribution is 7.87. The summed E-state index contributed by atoms with van der Waals surface area (Å²) >= 11 is 0.751. The van der Waals surface area contributed by atoms with Crippen molar-refractivity contribution >= 4 is 144 Å². The van der Waals surface area contributed by atoms with Gasteiger partial charge in [-0.05, 0) is 78.9 Å². The zero-order chi connectivity index (χ0) is 60.9. The van der Waals surface area contributed by atoms with Crippen LogP contribution in [0.4, 0.5) is 33.6 Å². The molecule has 8 aromatic rings. The molecule has 0 amide bonds. The molecular weight excluding hydrogens is 1240 g/mol. The molecule has 0 bridgehead atoms. The minimum atomic E-state index is -5.18. The van der Waals surface area contributed by atoms with Crippen molar-refractivity contribution in [3.8, 4) is 23.1 Å². The smallest absolute Gasteiger partial charge is 0.425 e. The lowest BCUT2D eigenvalue weighted by molar-refractivity contribution is -0.191. The number of aliphatic hydroxyl groups is 1. The number of aromatic hydroxyl groups is 2. The molecular formula is C42H33N9O24S7. The van der Waals surface area contributed by atoms with Crippen molar-refractivity contribution in [2.24, 2.45) is 30.7 Å². The number of fused-ring (bicyclic) bond motifs is 3. The van der Waals surface area contributed by atoms with Crippen molar-refractivity contribution in [2.45, 2.75) is 39.5 Å². The van der Waals surface area contributed by atoms with Gasteiger partial charge in [0.15, 0.2) is 11.4 Å². The SMILES string of the molecule is Cc1cc(N=Nc2ccc3c(S(=O)(=O)O)c(N=Nc4cnn(-c5ccc6c(S(=O)(=O)O)cc(S(=O)(=O)O)cc6c5)c4O)ccc3c2O)c(OCCCS(=O)(=O)O)cc1N=Nc1nc2ccc(CO)c(S(=O)(=O)O)c2s1.O=C=O.O=S(=O)=O. The molecule has 432 valence electrons. The van der Waals surface area contributed by atoms with Crippen LogP contribution in [0.2, 0.25) is 0 Å². The number of rotatable bonds is 17. The standard InChI is InChI=1S/C41H33N9O19S6.CO2.O3S/c1-20-13-32(34(69-11-2-12-71(54,55)56)17-31(20)46-49-41-43-29-8-3-21(19-51)38(37(29)70-41)74(63,64)65)47-44-28-9-7-27-26(36(28)52)6-10-30(39(27)75(66,67)68)45-48-33-18-42-50(40(33)53)23-4-5-25-22(14-23)15-24(72(57,58)59)16-35(25)73(60,61)62;2-1-3;1-4(2)3/h3-10,13-18,51-53H,2,11-12,19H2,1H3,(H,54,55,56)(H,57,58,59)(H,60,61,62)(H,63,64,65)(H,66,67,68);;. The predicted molar refractivity (Wildman–Crippen MR) is 278 cm³/mol. The van der Waals surface area contributed by atoms with Crippen LogP contribution in [0, 0.1) is 6.92 Å². The number of benzene rings is 6. The Balaban J connectivity index is 0.00000146. The van der Waals surface area contributed by atoms with E-state index in [1.54, 1.807) is 6.92 Å². The third-order valence-electron chi connectivity index (χ3n) is 10.6. The van der Waals surface area contributed by atoms with Gasteiger partial charge in [-0.25, -0.2) is 4.98 Å². The maximum atomic E-state index is 12.9. The van der Waals surface area contributed by atoms with Crippen LogP contribution >= 0.6 is 11.3 Å². The van der Waals surface area contributed by atoms with Crippen molar-refractivity contribution < 1.29 is 107 Å². The molecule has 0 aliphatic carbocycles. The van der Waals surface area contributed by atoms with E-state index in [1.165, 1.54) is 36.4 Å². The fourth-order valence-electron chi connectivity index (χ4n) is 7.30. The molecule has 2 aromatic heterocycles. The highest BCUT2D eigenvalue weighted by Crippen LogP contribution is 2.44. The Kier molecular flexibility index (Phi) is 19.0. The summed E-state index contributed by atoms with van der Waals surface area (Å²) in [7, 11) is -27.4. The Morgan fingerprint density at radius 3 is 1.84 bits per heavy atom. The van der Waals surface area contributed by atoms with Crippen molar-refractivity contribution in [1.29, 1.82) is 0 Å². The Bertz CT molecular complexity index is 4730. The topological polar surface area (TPSA) is 532 Å². The molecule has 6 aromatic carbocycles. The Morgan fingerprint density at radius 1 is 0.646 bits per heavy atom. The van der Waals surface area contributed by atoms with E-state index in [0.717, 1.165) is 58.6 Å². The average molecular weight is 1270 g/mol. The summed E-state index contributed by atoms with van der Waals surface area (Å²) in [6.07, 6.45) is 1.03. The molecule has 0 saturated heterocycles. The maximum absolute atomic E-state index is 12.9. The van der Waals surface area contributed by atoms with E-state index in [9.17, 15) is 80.2 Å². The summed E-state index contributed by atoms with van der Waals surface area (Å²) in [6.45, 7) is 0.590. The van der Waals surface area contributed by atoms with Gasteiger partial charge in [0, 0.05) is 27.8 Å². The van der Waals surface area contributed by atoms with Crippen LogP contribution < -0.4 is 4.74 Å². The van der Waals surface area contributed by atoms with E-state index in [4.69, 9.17) is 27.0 Å². The number of azo groups is 3. The largest absolute Gasteiger partial charge is 0.505 e. The fourth-order valence-corrected chi connectivity index (χ4v) is 12.1. The second-order valence-electron chi connectivity index (χ2n) is 16.0. The molecule has 2 heterocycles. The normalized spacial score (nSPS) is 12.4. The first-order valence-corrected chi connectivity index (χ1v) is 30.7. The van der Waals surface area contributed by atoms with Crippen molar-refractivity contribution in [3.63, 3.8) is 0 Å². The van der Waals surface area contributed by atoms with Crippen molar-refractivity contribution in [2.75, 3.05) is 12.4 Å². The monoisotopic (exact) mass is 1270 g/mol. The van der Waals surface area contributed by atoms with Crippen molar-refractivity contribution in [3.05, 3.63) is 96.2 Å². The number of phenols is 1. The van der Waals surface area contributed by atoms with Gasteiger partial charge in [0.2, 0.25) is 11.0 Å². The summed E-state index contributed by atoms with van der Waals surface area (Å²) < 4.78 is 201. The Labute approximate surface area is 465 Å². The Hall–Kier alpha value is -8.35. The fraction of sp³-hybridized carbons (Fsp3) is 0.119. The number of hydrogen-bond acceptors (Lipinski definition) is 28. The number of hydrogen-bond donors (Lipinski definition) is 8. The molecule has 0 saturated carbocycles. The zero-order valence-corrected chi connectivity index (χ0v) is 46.1. The average Bonchev–Trinajstić information content (AvgIpc) is 2.96. The van der Waals surface area contributed by atoms with Crippen LogP contribution in [0.25, 0.3) is 37.4 Å². The molecule has 40 heteroatoms. The van der Waals surface area contributed by atoms with E-state index in [1.807, 2.05) is 0 Å². The van der Waals surface area contributed by atoms with Crippen LogP contribution in [0.15, 0.2) is 135 Å². The summed E-state index contributed by atoms with van der Waals surface area (Å²) in [5, 5.41) is 59.5. The third-order valence-corrected chi connectivity index (χ3v) is 16.2.